The lowest BCUT2D eigenvalue weighted by molar-refractivity contribution is 0.0977. The van der Waals surface area contributed by atoms with Crippen LogP contribution in [0.2, 0.25) is 0 Å². The van der Waals surface area contributed by atoms with Crippen LogP contribution in [0, 0.1) is 19.7 Å². The predicted octanol–water partition coefficient (Wildman–Crippen LogP) is 5.35. The molecule has 1 aromatic heterocycles. The van der Waals surface area contributed by atoms with Gasteiger partial charge in [0.15, 0.2) is 0 Å². The van der Waals surface area contributed by atoms with Gasteiger partial charge < -0.3 is 5.32 Å². The minimum Gasteiger partial charge on any atom is -0.326 e. The molecule has 0 saturated carbocycles. The van der Waals surface area contributed by atoms with Crippen LogP contribution in [0.4, 0.5) is 10.1 Å². The van der Waals surface area contributed by atoms with Gasteiger partial charge in [-0.05, 0) is 68.1 Å². The topological polar surface area (TPSA) is 71.3 Å². The van der Waals surface area contributed by atoms with Gasteiger partial charge in [0.25, 0.3) is 5.91 Å². The van der Waals surface area contributed by atoms with Gasteiger partial charge in [-0.2, -0.15) is 5.10 Å². The molecule has 3 aromatic rings. The third-order valence-corrected chi connectivity index (χ3v) is 5.58. The molecule has 0 fully saturated rings. The summed E-state index contributed by atoms with van der Waals surface area (Å²) in [4.78, 5) is 17.6. The Bertz CT molecular complexity index is 1140. The molecule has 7 heteroatoms. The van der Waals surface area contributed by atoms with Crippen molar-refractivity contribution in [3.63, 3.8) is 0 Å². The number of aromatic nitrogens is 2. The third kappa shape index (κ3) is 6.06. The summed E-state index contributed by atoms with van der Waals surface area (Å²) < 4.78 is 15.3. The minimum atomic E-state index is -0.333. The highest BCUT2D eigenvalue weighted by Gasteiger charge is 2.16. The van der Waals surface area contributed by atoms with Gasteiger partial charge in [0.2, 0.25) is 5.96 Å². The van der Waals surface area contributed by atoms with E-state index in [1.807, 2.05) is 49.7 Å². The lowest BCUT2D eigenvalue weighted by atomic mass is 9.87. The number of amides is 1. The molecule has 6 nitrogen and oxygen atoms in total. The van der Waals surface area contributed by atoms with Gasteiger partial charge in [-0.1, -0.05) is 32.9 Å². The zero-order valence-electron chi connectivity index (χ0n) is 20.2. The fourth-order valence-corrected chi connectivity index (χ4v) is 3.51. The lowest BCUT2D eigenvalue weighted by Crippen LogP contribution is -2.36. The van der Waals surface area contributed by atoms with Crippen LogP contribution in [0.5, 0.6) is 0 Å². The Kier molecular flexibility index (Phi) is 7.31. The zero-order valence-corrected chi connectivity index (χ0v) is 20.2. The van der Waals surface area contributed by atoms with Gasteiger partial charge in [0.1, 0.15) is 5.82 Å². The molecule has 1 amide bonds. The normalized spacial score (nSPS) is 12.0. The van der Waals surface area contributed by atoms with Crippen molar-refractivity contribution in [1.82, 2.24) is 15.1 Å². The van der Waals surface area contributed by atoms with E-state index < -0.39 is 0 Å². The molecule has 0 unspecified atom stereocenters. The second-order valence-corrected chi connectivity index (χ2v) is 9.04. The van der Waals surface area contributed by atoms with Crippen molar-refractivity contribution in [2.45, 2.75) is 60.0 Å². The number of benzene rings is 2. The Balaban J connectivity index is 1.85. The molecule has 0 atom stereocenters. The summed E-state index contributed by atoms with van der Waals surface area (Å²) >= 11 is 0. The first-order valence-corrected chi connectivity index (χ1v) is 11.1. The van der Waals surface area contributed by atoms with Gasteiger partial charge in [-0.25, -0.2) is 9.38 Å². The highest BCUT2D eigenvalue weighted by Crippen LogP contribution is 2.22. The number of hydrogen-bond donors (Lipinski definition) is 2. The van der Waals surface area contributed by atoms with E-state index in [0.29, 0.717) is 17.8 Å². The Morgan fingerprint density at radius 2 is 1.70 bits per heavy atom. The summed E-state index contributed by atoms with van der Waals surface area (Å²) in [6.45, 7) is 13.5. The van der Waals surface area contributed by atoms with E-state index in [0.717, 1.165) is 29.1 Å². The van der Waals surface area contributed by atoms with E-state index in [1.165, 1.54) is 12.1 Å². The third-order valence-electron chi connectivity index (χ3n) is 5.58. The maximum atomic E-state index is 13.3. The number of halogens is 1. The number of carbonyl (C=O) groups is 1. The van der Waals surface area contributed by atoms with E-state index in [1.54, 1.807) is 12.1 Å². The Hall–Kier alpha value is -3.48. The monoisotopic (exact) mass is 449 g/mol. The van der Waals surface area contributed by atoms with Crippen LogP contribution in [-0.4, -0.2) is 21.6 Å². The van der Waals surface area contributed by atoms with Crippen LogP contribution < -0.4 is 10.6 Å². The number of nitrogens with zero attached hydrogens (tertiary/aromatic N) is 3. The molecule has 174 valence electrons. The van der Waals surface area contributed by atoms with Crippen LogP contribution in [0.1, 0.15) is 60.6 Å². The van der Waals surface area contributed by atoms with Gasteiger partial charge in [-0.15, -0.1) is 0 Å². The van der Waals surface area contributed by atoms with Crippen LogP contribution in [0.25, 0.3) is 0 Å². The standard InChI is InChI=1S/C26H32FN5O/c1-7-32-18(3)23(17(2)31-32)16-28-25(29-22-14-12-21(27)13-15-22)30-24(33)19-8-10-20(11-9-19)26(4,5)6/h8-15H,7,16H2,1-6H3,(H2,28,29,30,33). The van der Waals surface area contributed by atoms with E-state index in [2.05, 4.69) is 41.5 Å². The zero-order chi connectivity index (χ0) is 24.2. The summed E-state index contributed by atoms with van der Waals surface area (Å²) in [7, 11) is 0. The second kappa shape index (κ2) is 9.98. The minimum absolute atomic E-state index is 0.00438. The van der Waals surface area contributed by atoms with E-state index in [9.17, 15) is 9.18 Å². The fourth-order valence-electron chi connectivity index (χ4n) is 3.51. The maximum absolute atomic E-state index is 13.3. The summed E-state index contributed by atoms with van der Waals surface area (Å²) in [6.07, 6.45) is 0. The van der Waals surface area contributed by atoms with Crippen LogP contribution in [-0.2, 0) is 18.5 Å². The molecule has 0 bridgehead atoms. The Labute approximate surface area is 194 Å². The van der Waals surface area contributed by atoms with Crippen LogP contribution in [0.3, 0.4) is 0 Å². The number of carbonyl (C=O) groups excluding carboxylic acids is 1. The highest BCUT2D eigenvalue weighted by atomic mass is 19.1. The van der Waals surface area contributed by atoms with Crippen molar-refractivity contribution in [3.05, 3.63) is 82.4 Å². The molecule has 0 aliphatic rings. The van der Waals surface area contributed by atoms with Crippen molar-refractivity contribution in [1.29, 1.82) is 0 Å². The van der Waals surface area contributed by atoms with Gasteiger partial charge in [0, 0.05) is 29.1 Å². The lowest BCUT2D eigenvalue weighted by Gasteiger charge is -2.19. The largest absolute Gasteiger partial charge is 0.326 e. The number of aliphatic imine (C=N–C) groups is 1. The average Bonchev–Trinajstić information content (AvgIpc) is 3.05. The molecule has 0 aliphatic heterocycles. The van der Waals surface area contributed by atoms with E-state index >= 15 is 0 Å². The quantitative estimate of drug-likeness (QED) is 0.407. The van der Waals surface area contributed by atoms with Crippen LogP contribution in [0.15, 0.2) is 53.5 Å². The van der Waals surface area contributed by atoms with Crippen molar-refractivity contribution in [2.24, 2.45) is 4.99 Å². The van der Waals surface area contributed by atoms with Crippen molar-refractivity contribution >= 4 is 17.6 Å². The number of rotatable bonds is 5. The molecular weight excluding hydrogens is 417 g/mol. The highest BCUT2D eigenvalue weighted by molar-refractivity contribution is 6.09. The number of anilines is 1. The predicted molar refractivity (Wildman–Crippen MR) is 131 cm³/mol. The molecule has 1 heterocycles. The summed E-state index contributed by atoms with van der Waals surface area (Å²) in [6, 6.07) is 13.5. The van der Waals surface area contributed by atoms with Crippen molar-refractivity contribution in [3.8, 4) is 0 Å². The van der Waals surface area contributed by atoms with Gasteiger partial charge in [0.05, 0.1) is 12.2 Å². The van der Waals surface area contributed by atoms with Crippen molar-refractivity contribution < 1.29 is 9.18 Å². The SMILES string of the molecule is CCn1nc(C)c(CN=C(NC(=O)c2ccc(C(C)(C)C)cc2)Nc2ccc(F)cc2)c1C. The molecule has 2 aromatic carbocycles. The van der Waals surface area contributed by atoms with E-state index in [-0.39, 0.29) is 23.1 Å². The number of guanidine groups is 1. The second-order valence-electron chi connectivity index (χ2n) is 9.04. The van der Waals surface area contributed by atoms with E-state index in [4.69, 9.17) is 0 Å². The summed E-state index contributed by atoms with van der Waals surface area (Å²) in [5.41, 5.74) is 5.27. The number of nitrogens with one attached hydrogen (secondary N) is 2. The number of aryl methyl sites for hydroxylation is 2. The summed E-state index contributed by atoms with van der Waals surface area (Å²) in [5, 5.41) is 10.5. The molecule has 0 saturated heterocycles. The first-order valence-electron chi connectivity index (χ1n) is 11.1. The molecule has 0 radical (unpaired) electrons. The molecular formula is C26H32FN5O. The molecule has 2 N–H and O–H groups in total. The fraction of sp³-hybridized carbons (Fsp3) is 0.346. The van der Waals surface area contributed by atoms with Gasteiger partial charge in [-0.3, -0.25) is 14.8 Å². The Morgan fingerprint density at radius 1 is 1.06 bits per heavy atom. The number of hydrogen-bond acceptors (Lipinski definition) is 3. The Morgan fingerprint density at radius 3 is 2.24 bits per heavy atom. The maximum Gasteiger partial charge on any atom is 0.257 e. The summed E-state index contributed by atoms with van der Waals surface area (Å²) in [5.74, 6) is -0.323. The molecule has 33 heavy (non-hydrogen) atoms. The first-order chi connectivity index (χ1) is 15.6. The van der Waals surface area contributed by atoms with Crippen molar-refractivity contribution in [2.75, 3.05) is 5.32 Å². The first kappa shape index (κ1) is 24.2. The average molecular weight is 450 g/mol. The van der Waals surface area contributed by atoms with Crippen LogP contribution >= 0.6 is 0 Å². The molecule has 0 aliphatic carbocycles. The smallest absolute Gasteiger partial charge is 0.257 e. The molecule has 3 rings (SSSR count). The van der Waals surface area contributed by atoms with Gasteiger partial charge >= 0.3 is 0 Å². The molecule has 0 spiro atoms.